The zero-order valence-corrected chi connectivity index (χ0v) is 31.7. The molecule has 1 unspecified atom stereocenters. The van der Waals surface area contributed by atoms with Crippen molar-refractivity contribution in [2.24, 2.45) is 0 Å². The molecule has 0 bridgehead atoms. The fourth-order valence-corrected chi connectivity index (χ4v) is 6.13. The van der Waals surface area contributed by atoms with Crippen molar-refractivity contribution < 1.29 is 21.6 Å². The van der Waals surface area contributed by atoms with Gasteiger partial charge in [0, 0.05) is 48.3 Å². The van der Waals surface area contributed by atoms with E-state index in [-0.39, 0.29) is 40.3 Å². The molecular weight excluding hydrogens is 740 g/mol. The molecule has 4 N–H and O–H groups in total. The van der Waals surface area contributed by atoms with E-state index >= 15 is 0 Å². The first-order valence-electron chi connectivity index (χ1n) is 17.6. The summed E-state index contributed by atoms with van der Waals surface area (Å²) in [4.78, 5) is 22.8. The predicted molar refractivity (Wildman–Crippen MR) is 213 cm³/mol. The molecule has 0 saturated heterocycles. The van der Waals surface area contributed by atoms with Crippen molar-refractivity contribution >= 4 is 44.5 Å². The van der Waals surface area contributed by atoms with E-state index in [0.717, 1.165) is 18.4 Å². The number of nitrogens with zero attached hydrogens (tertiary/aromatic N) is 5. The summed E-state index contributed by atoms with van der Waals surface area (Å²) in [5.41, 5.74) is 1.56. The topological polar surface area (TPSA) is 147 Å². The highest BCUT2D eigenvalue weighted by Gasteiger charge is 2.18. The first-order valence-corrected chi connectivity index (χ1v) is 19.5. The molecule has 0 spiro atoms. The monoisotopic (exact) mass is 777 g/mol. The van der Waals surface area contributed by atoms with E-state index in [2.05, 4.69) is 58.0 Å². The highest BCUT2D eigenvalue weighted by Crippen LogP contribution is 2.28. The number of hydrogen-bond acceptors (Lipinski definition) is 11. The van der Waals surface area contributed by atoms with Gasteiger partial charge in [-0.15, -0.1) is 0 Å². The molecule has 56 heavy (non-hydrogen) atoms. The van der Waals surface area contributed by atoms with Crippen LogP contribution in [0.3, 0.4) is 0 Å². The van der Waals surface area contributed by atoms with E-state index in [1.807, 2.05) is 26.8 Å². The van der Waals surface area contributed by atoms with Crippen molar-refractivity contribution in [1.82, 2.24) is 24.9 Å². The number of pyridine rings is 1. The lowest BCUT2D eigenvalue weighted by molar-refractivity contribution is 0.587. The molecule has 0 aliphatic rings. The summed E-state index contributed by atoms with van der Waals surface area (Å²) in [6, 6.07) is 24.3. The van der Waals surface area contributed by atoms with Crippen molar-refractivity contribution in [3.05, 3.63) is 120 Å². The summed E-state index contributed by atoms with van der Waals surface area (Å²) < 4.78 is 67.8. The highest BCUT2D eigenvalue weighted by molar-refractivity contribution is 7.90. The van der Waals surface area contributed by atoms with Crippen LogP contribution in [0.25, 0.3) is 22.9 Å². The van der Waals surface area contributed by atoms with Gasteiger partial charge in [0.25, 0.3) is 0 Å². The molecule has 0 fully saturated rings. The zero-order chi connectivity index (χ0) is 39.8. The molecule has 3 aromatic carbocycles. The standard InChI is InChI=1S/C41H38F3N9O2S/c1-25(2)45-35-23-37(48-29-15-7-12-27(42)21-29)51-40(50-35)34-20-9-14-28(47-34)13-6-5-11-26(3)46-36-24-38(49-30-16-8-17-31(22-30)56(4,54)55)53-41(52-36)39-32(43)18-10-19-33(39)44/h7-10,12,14-26H,5,11H2,1-4H3,(H2,45,48,50,51)(H2,46,49,52,53). The fraction of sp³-hybridized carbons (Fsp3) is 0.195. The second-order valence-electron chi connectivity index (χ2n) is 13.2. The quantitative estimate of drug-likeness (QED) is 0.0835. The predicted octanol–water partition coefficient (Wildman–Crippen LogP) is 8.76. The van der Waals surface area contributed by atoms with Crippen LogP contribution in [0.4, 0.5) is 47.8 Å². The van der Waals surface area contributed by atoms with Crippen LogP contribution in [0.15, 0.2) is 102 Å². The molecule has 286 valence electrons. The first kappa shape index (κ1) is 39.2. The number of rotatable bonds is 13. The Morgan fingerprint density at radius 2 is 1.25 bits per heavy atom. The summed E-state index contributed by atoms with van der Waals surface area (Å²) in [6.07, 6.45) is 2.14. The minimum atomic E-state index is -3.49. The van der Waals surface area contributed by atoms with Gasteiger partial charge < -0.3 is 21.3 Å². The van der Waals surface area contributed by atoms with Crippen molar-refractivity contribution in [2.45, 2.75) is 50.6 Å². The lowest BCUT2D eigenvalue weighted by Crippen LogP contribution is -2.16. The summed E-state index contributed by atoms with van der Waals surface area (Å²) >= 11 is 0. The maximum Gasteiger partial charge on any atom is 0.182 e. The number of benzene rings is 3. The number of nitrogens with one attached hydrogen (secondary N) is 4. The summed E-state index contributed by atoms with van der Waals surface area (Å²) in [5, 5.41) is 12.7. The van der Waals surface area contributed by atoms with Crippen molar-refractivity contribution in [3.63, 3.8) is 0 Å². The van der Waals surface area contributed by atoms with Crippen LogP contribution in [0.2, 0.25) is 0 Å². The summed E-state index contributed by atoms with van der Waals surface area (Å²) in [5.74, 6) is 5.87. The van der Waals surface area contributed by atoms with Gasteiger partial charge in [-0.05, 0) is 93.8 Å². The van der Waals surface area contributed by atoms with E-state index < -0.39 is 27.0 Å². The minimum absolute atomic E-state index is 0.0949. The molecule has 3 aromatic heterocycles. The third-order valence-electron chi connectivity index (χ3n) is 8.00. The molecular formula is C41H38F3N9O2S. The SMILES string of the molecule is CC(C)Nc1cc(Nc2cccc(F)c2)nc(-c2cccc(C#CCCC(C)Nc3cc(Nc4cccc(S(C)(=O)=O)c4)nc(-c4c(F)cccc4F)n3)n2)n1. The maximum absolute atomic E-state index is 14.8. The largest absolute Gasteiger partial charge is 0.368 e. The van der Waals surface area contributed by atoms with Crippen LogP contribution in [-0.2, 0) is 9.84 Å². The molecule has 1 atom stereocenters. The second-order valence-corrected chi connectivity index (χ2v) is 15.2. The van der Waals surface area contributed by atoms with Gasteiger partial charge in [-0.25, -0.2) is 46.5 Å². The molecule has 6 rings (SSSR count). The Labute approximate surface area is 323 Å². The first-order chi connectivity index (χ1) is 26.8. The van der Waals surface area contributed by atoms with Gasteiger partial charge >= 0.3 is 0 Å². The van der Waals surface area contributed by atoms with Crippen molar-refractivity contribution in [2.75, 3.05) is 27.5 Å². The Morgan fingerprint density at radius 3 is 1.93 bits per heavy atom. The van der Waals surface area contributed by atoms with Crippen molar-refractivity contribution in [3.8, 4) is 34.7 Å². The van der Waals surface area contributed by atoms with Crippen LogP contribution in [0, 0.1) is 29.3 Å². The number of halogens is 3. The minimum Gasteiger partial charge on any atom is -0.368 e. The van der Waals surface area contributed by atoms with E-state index in [1.54, 1.807) is 48.5 Å². The Morgan fingerprint density at radius 1 is 0.661 bits per heavy atom. The molecule has 0 amide bonds. The Balaban J connectivity index is 1.17. The van der Waals surface area contributed by atoms with E-state index in [0.29, 0.717) is 53.1 Å². The summed E-state index contributed by atoms with van der Waals surface area (Å²) in [6.45, 7) is 5.90. The third-order valence-corrected chi connectivity index (χ3v) is 9.11. The number of hydrogen-bond donors (Lipinski definition) is 4. The van der Waals surface area contributed by atoms with Crippen LogP contribution >= 0.6 is 0 Å². The smallest absolute Gasteiger partial charge is 0.182 e. The van der Waals surface area contributed by atoms with E-state index in [4.69, 9.17) is 0 Å². The van der Waals surface area contributed by atoms with Gasteiger partial charge in [0.1, 0.15) is 52.1 Å². The van der Waals surface area contributed by atoms with Gasteiger partial charge in [0.15, 0.2) is 21.5 Å². The fourth-order valence-electron chi connectivity index (χ4n) is 5.47. The molecule has 0 saturated carbocycles. The number of anilines is 6. The molecule has 15 heteroatoms. The normalized spacial score (nSPS) is 11.7. The number of sulfone groups is 1. The molecule has 0 aliphatic heterocycles. The lowest BCUT2D eigenvalue weighted by atomic mass is 10.1. The van der Waals surface area contributed by atoms with Gasteiger partial charge in [-0.2, -0.15) is 0 Å². The van der Waals surface area contributed by atoms with Crippen LogP contribution in [-0.4, -0.2) is 51.7 Å². The molecule has 11 nitrogen and oxygen atoms in total. The average Bonchev–Trinajstić information content (AvgIpc) is 3.13. The summed E-state index contributed by atoms with van der Waals surface area (Å²) in [7, 11) is -3.49. The zero-order valence-electron chi connectivity index (χ0n) is 30.9. The van der Waals surface area contributed by atoms with Crippen LogP contribution in [0.5, 0.6) is 0 Å². The third kappa shape index (κ3) is 10.6. The van der Waals surface area contributed by atoms with Crippen LogP contribution in [0.1, 0.15) is 39.3 Å². The molecule has 0 aliphatic carbocycles. The number of aromatic nitrogens is 5. The molecule has 0 radical (unpaired) electrons. The van der Waals surface area contributed by atoms with Gasteiger partial charge in [0.2, 0.25) is 0 Å². The maximum atomic E-state index is 14.8. The van der Waals surface area contributed by atoms with Crippen molar-refractivity contribution in [1.29, 1.82) is 0 Å². The highest BCUT2D eigenvalue weighted by atomic mass is 32.2. The lowest BCUT2D eigenvalue weighted by Gasteiger charge is -2.16. The van der Waals surface area contributed by atoms with Gasteiger partial charge in [-0.1, -0.05) is 30.2 Å². The Bertz CT molecular complexity index is 2520. The Kier molecular flexibility index (Phi) is 12.1. The second kappa shape index (κ2) is 17.3. The van der Waals surface area contributed by atoms with Crippen LogP contribution < -0.4 is 21.3 Å². The molecule has 6 aromatic rings. The average molecular weight is 778 g/mol. The van der Waals surface area contributed by atoms with E-state index in [1.165, 1.54) is 30.3 Å². The molecule has 3 heterocycles. The van der Waals surface area contributed by atoms with E-state index in [9.17, 15) is 21.6 Å². The Hall–Kier alpha value is -6.53. The van der Waals surface area contributed by atoms with Gasteiger partial charge in [0.05, 0.1) is 10.5 Å². The van der Waals surface area contributed by atoms with Gasteiger partial charge in [-0.3, -0.25) is 0 Å².